The molecule has 2 aromatic carbocycles. The van der Waals surface area contributed by atoms with Crippen molar-refractivity contribution in [2.24, 2.45) is 0 Å². The Balaban J connectivity index is 2.26. The molecule has 0 saturated carbocycles. The Morgan fingerprint density at radius 3 is 2.55 bits per heavy atom. The van der Waals surface area contributed by atoms with Crippen LogP contribution in [0.1, 0.15) is 11.1 Å². The van der Waals surface area contributed by atoms with Gasteiger partial charge in [0.15, 0.2) is 0 Å². The molecule has 0 fully saturated rings. The molecule has 0 aliphatic rings. The number of rotatable bonds is 4. The molecule has 0 spiro atoms. The van der Waals surface area contributed by atoms with E-state index in [0.717, 1.165) is 9.79 Å². The van der Waals surface area contributed by atoms with Gasteiger partial charge in [0.1, 0.15) is 6.07 Å². The third-order valence-electron chi connectivity index (χ3n) is 2.56. The Morgan fingerprint density at radius 1 is 1.25 bits per heavy atom. The molecular weight excluding hydrogens is 294 g/mol. The number of hydrogen-bond donors (Lipinski definition) is 1. The summed E-state index contributed by atoms with van der Waals surface area (Å²) < 4.78 is 0. The van der Waals surface area contributed by atoms with Crippen molar-refractivity contribution in [2.75, 3.05) is 0 Å². The SMILES string of the molecule is N#Cc1cc(CC(=O)O)ccc1Sc1ccc(Cl)cc1. The van der Waals surface area contributed by atoms with Crippen LogP contribution in [0.5, 0.6) is 0 Å². The largest absolute Gasteiger partial charge is 0.481 e. The number of carbonyl (C=O) groups is 1. The third kappa shape index (κ3) is 3.77. The number of halogens is 1. The van der Waals surface area contributed by atoms with E-state index in [0.29, 0.717) is 16.1 Å². The second kappa shape index (κ2) is 6.47. The first-order chi connectivity index (χ1) is 9.58. The van der Waals surface area contributed by atoms with Crippen LogP contribution < -0.4 is 0 Å². The van der Waals surface area contributed by atoms with Crippen LogP contribution in [0.2, 0.25) is 5.02 Å². The van der Waals surface area contributed by atoms with Gasteiger partial charge in [-0.15, -0.1) is 0 Å². The Hall–Kier alpha value is -1.96. The van der Waals surface area contributed by atoms with Gasteiger partial charge in [-0.05, 0) is 42.0 Å². The van der Waals surface area contributed by atoms with Gasteiger partial charge in [-0.2, -0.15) is 5.26 Å². The highest BCUT2D eigenvalue weighted by Crippen LogP contribution is 2.31. The Labute approximate surface area is 125 Å². The van der Waals surface area contributed by atoms with Gasteiger partial charge in [0.25, 0.3) is 0 Å². The molecule has 0 aromatic heterocycles. The van der Waals surface area contributed by atoms with Crippen molar-refractivity contribution in [3.8, 4) is 6.07 Å². The standard InChI is InChI=1S/C15H10ClNO2S/c16-12-2-4-13(5-3-12)20-14-6-1-10(8-15(18)19)7-11(14)9-17/h1-7H,8H2,(H,18,19). The van der Waals surface area contributed by atoms with E-state index < -0.39 is 5.97 Å². The van der Waals surface area contributed by atoms with Gasteiger partial charge < -0.3 is 5.11 Å². The molecule has 3 nitrogen and oxygen atoms in total. The average Bonchev–Trinajstić information content (AvgIpc) is 2.42. The molecule has 2 rings (SSSR count). The highest BCUT2D eigenvalue weighted by atomic mass is 35.5. The van der Waals surface area contributed by atoms with E-state index in [1.165, 1.54) is 11.8 Å². The van der Waals surface area contributed by atoms with Crippen molar-refractivity contribution in [3.63, 3.8) is 0 Å². The van der Waals surface area contributed by atoms with E-state index in [1.54, 1.807) is 30.3 Å². The number of nitrogens with zero attached hydrogens (tertiary/aromatic N) is 1. The van der Waals surface area contributed by atoms with Crippen LogP contribution in [-0.2, 0) is 11.2 Å². The number of hydrogen-bond acceptors (Lipinski definition) is 3. The molecular formula is C15H10ClNO2S. The van der Waals surface area contributed by atoms with Gasteiger partial charge in [0.2, 0.25) is 0 Å². The summed E-state index contributed by atoms with van der Waals surface area (Å²) in [6, 6.07) is 14.5. The van der Waals surface area contributed by atoms with Gasteiger partial charge >= 0.3 is 5.97 Å². The van der Waals surface area contributed by atoms with Crippen molar-refractivity contribution < 1.29 is 9.90 Å². The van der Waals surface area contributed by atoms with Crippen LogP contribution in [0.15, 0.2) is 52.3 Å². The molecule has 5 heteroatoms. The molecule has 20 heavy (non-hydrogen) atoms. The van der Waals surface area contributed by atoms with E-state index >= 15 is 0 Å². The van der Waals surface area contributed by atoms with Crippen molar-refractivity contribution in [3.05, 3.63) is 58.6 Å². The molecule has 0 bridgehead atoms. The summed E-state index contributed by atoms with van der Waals surface area (Å²) in [5, 5.41) is 18.6. The summed E-state index contributed by atoms with van der Waals surface area (Å²) in [6.45, 7) is 0. The van der Waals surface area contributed by atoms with Crippen LogP contribution in [0.25, 0.3) is 0 Å². The lowest BCUT2D eigenvalue weighted by molar-refractivity contribution is -0.136. The van der Waals surface area contributed by atoms with Gasteiger partial charge in [-0.3, -0.25) is 4.79 Å². The van der Waals surface area contributed by atoms with E-state index in [-0.39, 0.29) is 6.42 Å². The molecule has 2 aromatic rings. The van der Waals surface area contributed by atoms with Gasteiger partial charge in [-0.1, -0.05) is 29.4 Å². The van der Waals surface area contributed by atoms with Crippen molar-refractivity contribution in [1.82, 2.24) is 0 Å². The zero-order valence-electron chi connectivity index (χ0n) is 10.3. The molecule has 0 radical (unpaired) electrons. The van der Waals surface area contributed by atoms with Gasteiger partial charge in [0.05, 0.1) is 12.0 Å². The lowest BCUT2D eigenvalue weighted by atomic mass is 10.1. The first kappa shape index (κ1) is 14.4. The minimum absolute atomic E-state index is 0.0828. The number of aliphatic carboxylic acids is 1. The van der Waals surface area contributed by atoms with Crippen molar-refractivity contribution in [2.45, 2.75) is 16.2 Å². The monoisotopic (exact) mass is 303 g/mol. The number of carboxylic acids is 1. The predicted molar refractivity (Wildman–Crippen MR) is 78.1 cm³/mol. The molecule has 0 aliphatic carbocycles. The van der Waals surface area contributed by atoms with Crippen molar-refractivity contribution >= 4 is 29.3 Å². The molecule has 0 saturated heterocycles. The Morgan fingerprint density at radius 2 is 1.95 bits per heavy atom. The fourth-order valence-corrected chi connectivity index (χ4v) is 2.67. The average molecular weight is 304 g/mol. The highest BCUT2D eigenvalue weighted by Gasteiger charge is 2.08. The highest BCUT2D eigenvalue weighted by molar-refractivity contribution is 7.99. The maximum atomic E-state index is 10.7. The maximum absolute atomic E-state index is 10.7. The van der Waals surface area contributed by atoms with Gasteiger partial charge in [0, 0.05) is 14.8 Å². The van der Waals surface area contributed by atoms with Crippen LogP contribution in [0.4, 0.5) is 0 Å². The van der Waals surface area contributed by atoms with E-state index in [2.05, 4.69) is 6.07 Å². The summed E-state index contributed by atoms with van der Waals surface area (Å²) >= 11 is 7.27. The molecule has 0 aliphatic heterocycles. The molecule has 0 amide bonds. The summed E-state index contributed by atoms with van der Waals surface area (Å²) in [5.74, 6) is -0.910. The lowest BCUT2D eigenvalue weighted by Gasteiger charge is -2.06. The smallest absolute Gasteiger partial charge is 0.307 e. The van der Waals surface area contributed by atoms with E-state index in [1.807, 2.05) is 12.1 Å². The van der Waals surface area contributed by atoms with E-state index in [9.17, 15) is 4.79 Å². The fraction of sp³-hybridized carbons (Fsp3) is 0.0667. The second-order valence-electron chi connectivity index (χ2n) is 4.07. The zero-order chi connectivity index (χ0) is 14.5. The Kier molecular flexibility index (Phi) is 4.67. The minimum atomic E-state index is -0.910. The van der Waals surface area contributed by atoms with Crippen LogP contribution in [0.3, 0.4) is 0 Å². The minimum Gasteiger partial charge on any atom is -0.481 e. The molecule has 100 valence electrons. The van der Waals surface area contributed by atoms with Crippen LogP contribution in [-0.4, -0.2) is 11.1 Å². The lowest BCUT2D eigenvalue weighted by Crippen LogP contribution is -2.00. The topological polar surface area (TPSA) is 61.1 Å². The molecule has 0 atom stereocenters. The maximum Gasteiger partial charge on any atom is 0.307 e. The number of benzene rings is 2. The third-order valence-corrected chi connectivity index (χ3v) is 3.90. The summed E-state index contributed by atoms with van der Waals surface area (Å²) in [4.78, 5) is 12.4. The summed E-state index contributed by atoms with van der Waals surface area (Å²) in [5.41, 5.74) is 1.10. The summed E-state index contributed by atoms with van der Waals surface area (Å²) in [7, 11) is 0. The van der Waals surface area contributed by atoms with Crippen LogP contribution >= 0.6 is 23.4 Å². The molecule has 0 heterocycles. The van der Waals surface area contributed by atoms with E-state index in [4.69, 9.17) is 22.0 Å². The zero-order valence-corrected chi connectivity index (χ0v) is 11.9. The predicted octanol–water partition coefficient (Wildman–Crippen LogP) is 3.99. The van der Waals surface area contributed by atoms with Gasteiger partial charge in [-0.25, -0.2) is 0 Å². The first-order valence-corrected chi connectivity index (χ1v) is 6.96. The van der Waals surface area contributed by atoms with Crippen LogP contribution in [0, 0.1) is 11.3 Å². The second-order valence-corrected chi connectivity index (χ2v) is 5.62. The first-order valence-electron chi connectivity index (χ1n) is 5.77. The van der Waals surface area contributed by atoms with Crippen molar-refractivity contribution in [1.29, 1.82) is 5.26 Å². The normalized spacial score (nSPS) is 10.0. The quantitative estimate of drug-likeness (QED) is 0.927. The summed E-state index contributed by atoms with van der Waals surface area (Å²) in [6.07, 6.45) is -0.0828. The molecule has 1 N–H and O–H groups in total. The number of carboxylic acid groups (broad SMARTS) is 1. The molecule has 0 unspecified atom stereocenters. The Bertz CT molecular complexity index is 677. The number of nitriles is 1. The fourth-order valence-electron chi connectivity index (χ4n) is 1.67.